The minimum atomic E-state index is -2.94. The van der Waals surface area contributed by atoms with Gasteiger partial charge in [0.05, 0.1) is 10.5 Å². The van der Waals surface area contributed by atoms with E-state index in [1.54, 1.807) is 0 Å². The summed E-state index contributed by atoms with van der Waals surface area (Å²) < 4.78 is 25.6. The zero-order chi connectivity index (χ0) is 13.2. The van der Waals surface area contributed by atoms with Crippen LogP contribution in [0.15, 0.2) is 0 Å². The van der Waals surface area contributed by atoms with Crippen molar-refractivity contribution in [1.29, 1.82) is 0 Å². The summed E-state index contributed by atoms with van der Waals surface area (Å²) in [4.78, 5) is 0. The average molecular weight is 273 g/mol. The van der Waals surface area contributed by atoms with Gasteiger partial charge in [-0.1, -0.05) is 26.2 Å². The van der Waals surface area contributed by atoms with Crippen molar-refractivity contribution in [2.75, 3.05) is 7.05 Å². The highest BCUT2D eigenvalue weighted by Gasteiger charge is 2.41. The van der Waals surface area contributed by atoms with Gasteiger partial charge in [-0.3, -0.25) is 0 Å². The molecule has 0 bridgehead atoms. The van der Waals surface area contributed by atoms with Crippen molar-refractivity contribution in [3.63, 3.8) is 0 Å². The molecule has 1 N–H and O–H groups in total. The summed E-state index contributed by atoms with van der Waals surface area (Å²) in [5.41, 5.74) is 0. The van der Waals surface area contributed by atoms with Crippen molar-refractivity contribution in [3.8, 4) is 0 Å². The van der Waals surface area contributed by atoms with Gasteiger partial charge in [-0.05, 0) is 45.1 Å². The van der Waals surface area contributed by atoms with Gasteiger partial charge in [-0.15, -0.1) is 0 Å². The smallest absolute Gasteiger partial charge is 0.157 e. The summed E-state index contributed by atoms with van der Waals surface area (Å²) >= 11 is 0. The summed E-state index contributed by atoms with van der Waals surface area (Å²) in [6.45, 7) is 2.19. The van der Waals surface area contributed by atoms with Crippen LogP contribution in [0.4, 0.5) is 0 Å². The highest BCUT2D eigenvalue weighted by atomic mass is 32.2. The van der Waals surface area contributed by atoms with Gasteiger partial charge >= 0.3 is 0 Å². The normalized spacial score (nSPS) is 35.6. The summed E-state index contributed by atoms with van der Waals surface area (Å²) in [5.74, 6) is 0.554. The van der Waals surface area contributed by atoms with Gasteiger partial charge in [0.2, 0.25) is 0 Å². The molecule has 2 rings (SSSR count). The number of hydrogen-bond donors (Lipinski definition) is 1. The Morgan fingerprint density at radius 2 is 1.67 bits per heavy atom. The molecule has 3 atom stereocenters. The molecule has 0 aromatic rings. The largest absolute Gasteiger partial charge is 0.316 e. The van der Waals surface area contributed by atoms with Crippen molar-refractivity contribution in [2.24, 2.45) is 5.92 Å². The highest BCUT2D eigenvalue weighted by Crippen LogP contribution is 2.34. The van der Waals surface area contributed by atoms with Gasteiger partial charge < -0.3 is 5.32 Å². The molecule has 0 radical (unpaired) electrons. The van der Waals surface area contributed by atoms with Gasteiger partial charge in [0.25, 0.3) is 0 Å². The fraction of sp³-hybridized carbons (Fsp3) is 1.00. The minimum absolute atomic E-state index is 0.0580. The summed E-state index contributed by atoms with van der Waals surface area (Å²) in [6, 6.07) is 0.174. The van der Waals surface area contributed by atoms with Crippen LogP contribution in [0.1, 0.15) is 58.3 Å². The Labute approximate surface area is 112 Å². The lowest BCUT2D eigenvalue weighted by molar-refractivity contribution is 0.316. The predicted molar refractivity (Wildman–Crippen MR) is 75.4 cm³/mol. The van der Waals surface area contributed by atoms with Crippen LogP contribution in [0, 0.1) is 5.92 Å². The molecule has 0 aromatic carbocycles. The van der Waals surface area contributed by atoms with Gasteiger partial charge in [0.1, 0.15) is 0 Å². The molecule has 0 amide bonds. The third kappa shape index (κ3) is 2.90. The van der Waals surface area contributed by atoms with Crippen LogP contribution in [0.5, 0.6) is 0 Å². The second-order valence-electron chi connectivity index (χ2n) is 6.20. The van der Waals surface area contributed by atoms with Gasteiger partial charge in [0.15, 0.2) is 9.84 Å². The average Bonchev–Trinajstić information content (AvgIpc) is 2.39. The maximum absolute atomic E-state index is 12.8. The predicted octanol–water partition coefficient (Wildman–Crippen LogP) is 2.51. The summed E-state index contributed by atoms with van der Waals surface area (Å²) in [6.07, 6.45) is 8.20. The van der Waals surface area contributed by atoms with Crippen molar-refractivity contribution in [3.05, 3.63) is 0 Å². The van der Waals surface area contributed by atoms with Gasteiger partial charge in [-0.25, -0.2) is 8.42 Å². The van der Waals surface area contributed by atoms with Gasteiger partial charge in [-0.2, -0.15) is 0 Å². The van der Waals surface area contributed by atoms with Crippen molar-refractivity contribution < 1.29 is 8.42 Å². The first-order valence-corrected chi connectivity index (χ1v) is 9.06. The first-order valence-electron chi connectivity index (χ1n) is 7.45. The van der Waals surface area contributed by atoms with E-state index in [2.05, 4.69) is 12.2 Å². The van der Waals surface area contributed by atoms with E-state index in [1.165, 1.54) is 6.42 Å². The second-order valence-corrected chi connectivity index (χ2v) is 8.65. The molecule has 2 aliphatic rings. The molecule has 106 valence electrons. The van der Waals surface area contributed by atoms with Crippen LogP contribution >= 0.6 is 0 Å². The van der Waals surface area contributed by atoms with Gasteiger partial charge in [0, 0.05) is 6.04 Å². The minimum Gasteiger partial charge on any atom is -0.316 e. The zero-order valence-corrected chi connectivity index (χ0v) is 12.5. The van der Waals surface area contributed by atoms with Crippen LogP contribution in [-0.4, -0.2) is 32.0 Å². The van der Waals surface area contributed by atoms with E-state index in [0.717, 1.165) is 44.9 Å². The molecule has 0 aliphatic heterocycles. The molecule has 0 aromatic heterocycles. The van der Waals surface area contributed by atoms with E-state index in [0.29, 0.717) is 5.92 Å². The van der Waals surface area contributed by atoms with E-state index in [4.69, 9.17) is 0 Å². The quantitative estimate of drug-likeness (QED) is 0.859. The Kier molecular flexibility index (Phi) is 4.70. The molecule has 0 heterocycles. The molecule has 3 unspecified atom stereocenters. The first kappa shape index (κ1) is 14.3. The third-order valence-electron chi connectivity index (χ3n) is 4.86. The fourth-order valence-electron chi connectivity index (χ4n) is 3.66. The molecule has 0 spiro atoms. The molecule has 18 heavy (non-hydrogen) atoms. The topological polar surface area (TPSA) is 46.2 Å². The molecule has 2 fully saturated rings. The van der Waals surface area contributed by atoms with E-state index in [1.807, 2.05) is 7.05 Å². The lowest BCUT2D eigenvalue weighted by Gasteiger charge is -2.37. The fourth-order valence-corrected chi connectivity index (χ4v) is 6.47. The van der Waals surface area contributed by atoms with Crippen LogP contribution in [0.25, 0.3) is 0 Å². The molecule has 3 nitrogen and oxygen atoms in total. The Morgan fingerprint density at radius 1 is 1.00 bits per heavy atom. The monoisotopic (exact) mass is 273 g/mol. The number of sulfone groups is 1. The molecular formula is C14H27NO2S. The lowest BCUT2D eigenvalue weighted by atomic mass is 9.87. The Bertz CT molecular complexity index is 360. The Balaban J connectivity index is 2.15. The van der Waals surface area contributed by atoms with Crippen LogP contribution in [0.2, 0.25) is 0 Å². The molecule has 4 heteroatoms. The van der Waals surface area contributed by atoms with Crippen LogP contribution < -0.4 is 5.32 Å². The van der Waals surface area contributed by atoms with E-state index in [-0.39, 0.29) is 16.5 Å². The summed E-state index contributed by atoms with van der Waals surface area (Å²) in [7, 11) is -1.03. The lowest BCUT2D eigenvalue weighted by Crippen LogP contribution is -2.49. The number of rotatable bonds is 3. The molecule has 2 aliphatic carbocycles. The van der Waals surface area contributed by atoms with Crippen molar-refractivity contribution >= 4 is 9.84 Å². The van der Waals surface area contributed by atoms with E-state index in [9.17, 15) is 8.42 Å². The van der Waals surface area contributed by atoms with Crippen molar-refractivity contribution in [1.82, 2.24) is 5.32 Å². The van der Waals surface area contributed by atoms with Crippen LogP contribution in [0.3, 0.4) is 0 Å². The first-order chi connectivity index (χ1) is 8.55. The summed E-state index contributed by atoms with van der Waals surface area (Å²) in [5, 5.41) is 3.04. The standard InChI is InChI=1S/C14H27NO2S/c1-11-8-9-13(15-2)14(10-11)18(16,17)12-6-4-3-5-7-12/h11-15H,3-10H2,1-2H3. The maximum atomic E-state index is 12.8. The Morgan fingerprint density at radius 3 is 2.28 bits per heavy atom. The maximum Gasteiger partial charge on any atom is 0.157 e. The van der Waals surface area contributed by atoms with E-state index < -0.39 is 9.84 Å². The zero-order valence-electron chi connectivity index (χ0n) is 11.7. The molecule has 0 saturated heterocycles. The highest BCUT2D eigenvalue weighted by molar-refractivity contribution is 7.92. The SMILES string of the molecule is CNC1CCC(C)CC1S(=O)(=O)C1CCCCC1. The van der Waals surface area contributed by atoms with Crippen LogP contribution in [-0.2, 0) is 9.84 Å². The number of nitrogens with one attached hydrogen (secondary N) is 1. The second kappa shape index (κ2) is 5.91. The number of hydrogen-bond acceptors (Lipinski definition) is 3. The third-order valence-corrected chi connectivity index (χ3v) is 7.63. The molecule has 2 saturated carbocycles. The Hall–Kier alpha value is -0.0900. The molecular weight excluding hydrogens is 246 g/mol. The van der Waals surface area contributed by atoms with Crippen molar-refractivity contribution in [2.45, 2.75) is 74.8 Å². The van der Waals surface area contributed by atoms with E-state index >= 15 is 0 Å².